The highest BCUT2D eigenvalue weighted by molar-refractivity contribution is 5.83. The topological polar surface area (TPSA) is 25.2 Å². The van der Waals surface area contributed by atoms with Crippen LogP contribution in [-0.2, 0) is 24.4 Å². The van der Waals surface area contributed by atoms with Crippen LogP contribution in [0.3, 0.4) is 0 Å². The second kappa shape index (κ2) is 10.6. The first-order valence-electron chi connectivity index (χ1n) is 11.3. The summed E-state index contributed by atoms with van der Waals surface area (Å²) in [6, 6.07) is 35.0. The van der Waals surface area contributed by atoms with Gasteiger partial charge in [-0.15, -0.1) is 0 Å². The zero-order chi connectivity index (χ0) is 22.2. The Balaban J connectivity index is 1.60. The minimum Gasteiger partial charge on any atom is -0.345 e. The molecule has 32 heavy (non-hydrogen) atoms. The average Bonchev–Trinajstić information content (AvgIpc) is 3.27. The maximum Gasteiger partial charge on any atom is 0.230 e. The molecule has 0 aliphatic rings. The van der Waals surface area contributed by atoms with Crippen LogP contribution in [0.25, 0.3) is 0 Å². The Kier molecular flexibility index (Phi) is 7.19. The largest absolute Gasteiger partial charge is 0.345 e. The Morgan fingerprint density at radius 3 is 1.97 bits per heavy atom. The zero-order valence-electron chi connectivity index (χ0n) is 18.6. The van der Waals surface area contributed by atoms with Gasteiger partial charge in [0, 0.05) is 25.0 Å². The molecular weight excluding hydrogens is 392 g/mol. The Morgan fingerprint density at radius 2 is 1.34 bits per heavy atom. The molecule has 0 fully saturated rings. The van der Waals surface area contributed by atoms with Crippen molar-refractivity contribution in [2.75, 3.05) is 0 Å². The van der Waals surface area contributed by atoms with Gasteiger partial charge in [-0.2, -0.15) is 0 Å². The lowest BCUT2D eigenvalue weighted by molar-refractivity contribution is -0.134. The Hall–Kier alpha value is -3.59. The van der Waals surface area contributed by atoms with Crippen LogP contribution in [0.5, 0.6) is 0 Å². The summed E-state index contributed by atoms with van der Waals surface area (Å²) in [6.45, 7) is 4.07. The summed E-state index contributed by atoms with van der Waals surface area (Å²) in [5.41, 5.74) is 4.62. The Bertz CT molecular complexity index is 1100. The summed E-state index contributed by atoms with van der Waals surface area (Å²) < 4.78 is 2.24. The van der Waals surface area contributed by atoms with E-state index in [2.05, 4.69) is 78.4 Å². The minimum absolute atomic E-state index is 0.141. The van der Waals surface area contributed by atoms with Crippen molar-refractivity contribution in [1.82, 2.24) is 9.47 Å². The van der Waals surface area contributed by atoms with E-state index >= 15 is 0 Å². The van der Waals surface area contributed by atoms with Gasteiger partial charge in [-0.25, -0.2) is 0 Å². The highest BCUT2D eigenvalue weighted by Gasteiger charge is 2.25. The van der Waals surface area contributed by atoms with Crippen LogP contribution in [0.15, 0.2) is 109 Å². The summed E-state index contributed by atoms with van der Waals surface area (Å²) in [6.07, 6.45) is 2.88. The molecule has 162 valence electrons. The van der Waals surface area contributed by atoms with Crippen LogP contribution >= 0.6 is 0 Å². The molecule has 0 N–H and O–H groups in total. The first-order chi connectivity index (χ1) is 15.7. The van der Waals surface area contributed by atoms with Crippen molar-refractivity contribution in [2.24, 2.45) is 0 Å². The van der Waals surface area contributed by atoms with E-state index in [1.54, 1.807) is 0 Å². The van der Waals surface area contributed by atoms with Crippen LogP contribution in [0, 0.1) is 0 Å². The van der Waals surface area contributed by atoms with Gasteiger partial charge in [0.15, 0.2) is 0 Å². The van der Waals surface area contributed by atoms with E-state index in [-0.39, 0.29) is 11.8 Å². The molecule has 1 atom stereocenters. The number of rotatable bonds is 9. The number of carbonyl (C=O) groups is 1. The van der Waals surface area contributed by atoms with Gasteiger partial charge in [-0.3, -0.25) is 4.79 Å². The molecule has 1 aromatic heterocycles. The molecule has 0 saturated heterocycles. The van der Waals surface area contributed by atoms with E-state index in [4.69, 9.17) is 0 Å². The summed E-state index contributed by atoms with van der Waals surface area (Å²) in [4.78, 5) is 15.8. The van der Waals surface area contributed by atoms with Crippen molar-refractivity contribution in [2.45, 2.75) is 38.9 Å². The van der Waals surface area contributed by atoms with Gasteiger partial charge in [0.05, 0.1) is 12.5 Å². The quantitative estimate of drug-likeness (QED) is 0.312. The fourth-order valence-electron chi connectivity index (χ4n) is 4.20. The molecule has 3 aromatic carbocycles. The van der Waals surface area contributed by atoms with Crippen molar-refractivity contribution in [3.8, 4) is 0 Å². The van der Waals surface area contributed by atoms with Gasteiger partial charge in [0.25, 0.3) is 0 Å². The predicted octanol–water partition coefficient (Wildman–Crippen LogP) is 6.26. The first-order valence-corrected chi connectivity index (χ1v) is 11.3. The van der Waals surface area contributed by atoms with Crippen molar-refractivity contribution < 1.29 is 4.79 Å². The van der Waals surface area contributed by atoms with Crippen LogP contribution in [0.2, 0.25) is 0 Å². The van der Waals surface area contributed by atoms with Gasteiger partial charge < -0.3 is 9.47 Å². The van der Waals surface area contributed by atoms with Gasteiger partial charge in [0.2, 0.25) is 5.91 Å². The molecule has 0 radical (unpaired) electrons. The molecule has 0 spiro atoms. The molecule has 0 saturated carbocycles. The van der Waals surface area contributed by atoms with Crippen LogP contribution in [-0.4, -0.2) is 15.4 Å². The van der Waals surface area contributed by atoms with Crippen molar-refractivity contribution in [3.05, 3.63) is 132 Å². The van der Waals surface area contributed by atoms with E-state index in [1.807, 2.05) is 47.4 Å². The number of nitrogens with zero attached hydrogens (tertiary/aromatic N) is 2. The summed E-state index contributed by atoms with van der Waals surface area (Å²) >= 11 is 0. The second-order valence-corrected chi connectivity index (χ2v) is 8.16. The van der Waals surface area contributed by atoms with Crippen LogP contribution in [0.4, 0.5) is 0 Å². The molecule has 0 aliphatic carbocycles. The second-order valence-electron chi connectivity index (χ2n) is 8.16. The zero-order valence-corrected chi connectivity index (χ0v) is 18.6. The molecular formula is C29H30N2O. The van der Waals surface area contributed by atoms with Crippen molar-refractivity contribution in [3.63, 3.8) is 0 Å². The molecule has 3 heteroatoms. The normalized spacial score (nSPS) is 11.8. The van der Waals surface area contributed by atoms with Crippen LogP contribution in [0.1, 0.15) is 41.6 Å². The fourth-order valence-corrected chi connectivity index (χ4v) is 4.20. The maximum atomic E-state index is 13.8. The number of aromatic nitrogens is 1. The number of benzene rings is 3. The molecule has 1 heterocycles. The number of amides is 1. The van der Waals surface area contributed by atoms with Gasteiger partial charge in [0.1, 0.15) is 0 Å². The molecule has 0 aliphatic heterocycles. The first kappa shape index (κ1) is 21.6. The molecule has 4 aromatic rings. The molecule has 1 amide bonds. The lowest BCUT2D eigenvalue weighted by atomic mass is 9.94. The van der Waals surface area contributed by atoms with E-state index in [1.165, 1.54) is 5.56 Å². The number of carbonyl (C=O) groups excluding carboxylic acids is 1. The summed E-state index contributed by atoms with van der Waals surface area (Å²) in [7, 11) is 0. The average molecular weight is 423 g/mol. The molecule has 3 nitrogen and oxygen atoms in total. The molecule has 1 unspecified atom stereocenters. The lowest BCUT2D eigenvalue weighted by Gasteiger charge is -2.28. The molecule has 0 bridgehead atoms. The summed E-state index contributed by atoms with van der Waals surface area (Å²) in [5, 5.41) is 0. The highest BCUT2D eigenvalue weighted by Crippen LogP contribution is 2.24. The minimum atomic E-state index is -0.141. The summed E-state index contributed by atoms with van der Waals surface area (Å²) in [5.74, 6) is 0.0347. The lowest BCUT2D eigenvalue weighted by Crippen LogP contribution is -2.35. The van der Waals surface area contributed by atoms with Gasteiger partial charge in [-0.05, 0) is 35.2 Å². The number of hydrogen-bond acceptors (Lipinski definition) is 1. The standard InChI is InChI=1S/C29H30N2O/c1-2-28(26-17-10-5-11-18-26)29(32)31(22-25-15-8-4-9-16-25)23-27-19-12-20-30(27)21-24-13-6-3-7-14-24/h3-20,28H,2,21-23H2,1H3. The van der Waals surface area contributed by atoms with E-state index in [0.717, 1.165) is 29.8 Å². The van der Waals surface area contributed by atoms with E-state index < -0.39 is 0 Å². The Morgan fingerprint density at radius 1 is 0.750 bits per heavy atom. The third kappa shape index (κ3) is 5.36. The maximum absolute atomic E-state index is 13.8. The number of hydrogen-bond donors (Lipinski definition) is 0. The van der Waals surface area contributed by atoms with Crippen molar-refractivity contribution >= 4 is 5.91 Å². The highest BCUT2D eigenvalue weighted by atomic mass is 16.2. The van der Waals surface area contributed by atoms with E-state index in [9.17, 15) is 4.79 Å². The van der Waals surface area contributed by atoms with Crippen molar-refractivity contribution in [1.29, 1.82) is 0 Å². The van der Waals surface area contributed by atoms with Gasteiger partial charge in [-0.1, -0.05) is 97.9 Å². The SMILES string of the molecule is CCC(C(=O)N(Cc1ccccc1)Cc1cccn1Cc1ccccc1)c1ccccc1. The third-order valence-electron chi connectivity index (χ3n) is 5.91. The van der Waals surface area contributed by atoms with Crippen LogP contribution < -0.4 is 0 Å². The fraction of sp³-hybridized carbons (Fsp3) is 0.207. The molecule has 4 rings (SSSR count). The predicted molar refractivity (Wildman–Crippen MR) is 130 cm³/mol. The monoisotopic (exact) mass is 422 g/mol. The van der Waals surface area contributed by atoms with E-state index in [0.29, 0.717) is 13.1 Å². The smallest absolute Gasteiger partial charge is 0.230 e. The third-order valence-corrected chi connectivity index (χ3v) is 5.91. The Labute approximate surface area is 190 Å². The van der Waals surface area contributed by atoms with Gasteiger partial charge >= 0.3 is 0 Å².